The molecule has 2 N–H and O–H groups in total. The van der Waals surface area contributed by atoms with Crippen molar-refractivity contribution in [3.8, 4) is 0 Å². The Morgan fingerprint density at radius 3 is 2.90 bits per heavy atom. The molecule has 0 radical (unpaired) electrons. The zero-order valence-corrected chi connectivity index (χ0v) is 18.0. The summed E-state index contributed by atoms with van der Waals surface area (Å²) in [4.78, 5) is 27.2. The minimum atomic E-state index is -0.442. The SMILES string of the molecule is Cc1c(C(=O)Nc2sc3c(c2C(=O)NC[C@H]2CCCO2)CCC3)oc2ccc(F)cc12. The van der Waals surface area contributed by atoms with Crippen LogP contribution >= 0.6 is 11.3 Å². The van der Waals surface area contributed by atoms with Crippen LogP contribution in [0.1, 0.15) is 56.2 Å². The van der Waals surface area contributed by atoms with Gasteiger partial charge in [-0.3, -0.25) is 9.59 Å². The molecule has 5 rings (SSSR count). The molecule has 2 amide bonds. The molecule has 1 aliphatic heterocycles. The van der Waals surface area contributed by atoms with E-state index in [0.29, 0.717) is 33.6 Å². The van der Waals surface area contributed by atoms with Crippen molar-refractivity contribution < 1.29 is 23.1 Å². The summed E-state index contributed by atoms with van der Waals surface area (Å²) in [5.41, 5.74) is 2.59. The molecule has 2 aliphatic rings. The number of furan rings is 1. The van der Waals surface area contributed by atoms with Crippen molar-refractivity contribution in [2.45, 2.75) is 45.1 Å². The molecule has 1 fully saturated rings. The Morgan fingerprint density at radius 1 is 1.23 bits per heavy atom. The van der Waals surface area contributed by atoms with E-state index in [-0.39, 0.29) is 23.6 Å². The Labute approximate surface area is 182 Å². The lowest BCUT2D eigenvalue weighted by Gasteiger charge is -2.12. The minimum Gasteiger partial charge on any atom is -0.451 e. The van der Waals surface area contributed by atoms with Gasteiger partial charge in [-0.05, 0) is 62.8 Å². The van der Waals surface area contributed by atoms with Crippen molar-refractivity contribution in [2.24, 2.45) is 0 Å². The second-order valence-electron chi connectivity index (χ2n) is 8.06. The summed E-state index contributed by atoms with van der Waals surface area (Å²) < 4.78 is 24.9. The van der Waals surface area contributed by atoms with Crippen molar-refractivity contribution in [2.75, 3.05) is 18.5 Å². The number of halogens is 1. The fourth-order valence-electron chi connectivity index (χ4n) is 4.40. The number of anilines is 1. The van der Waals surface area contributed by atoms with E-state index in [2.05, 4.69) is 10.6 Å². The average Bonchev–Trinajstić information content (AvgIpc) is 3.51. The highest BCUT2D eigenvalue weighted by atomic mass is 32.1. The third-order valence-corrected chi connectivity index (χ3v) is 7.20. The van der Waals surface area contributed by atoms with Gasteiger partial charge in [-0.1, -0.05) is 0 Å². The number of hydrogen-bond donors (Lipinski definition) is 2. The molecule has 8 heteroatoms. The summed E-state index contributed by atoms with van der Waals surface area (Å²) in [6.45, 7) is 2.92. The van der Waals surface area contributed by atoms with Crippen LogP contribution in [0.5, 0.6) is 0 Å². The maximum absolute atomic E-state index is 13.6. The summed E-state index contributed by atoms with van der Waals surface area (Å²) in [6, 6.07) is 4.17. The van der Waals surface area contributed by atoms with E-state index in [1.165, 1.54) is 29.5 Å². The Bertz CT molecular complexity index is 1180. The predicted octanol–water partition coefficient (Wildman–Crippen LogP) is 4.59. The van der Waals surface area contributed by atoms with Crippen LogP contribution < -0.4 is 10.6 Å². The molecular weight excluding hydrogens is 419 g/mol. The molecule has 3 heterocycles. The molecule has 0 unspecified atom stereocenters. The van der Waals surface area contributed by atoms with Crippen molar-refractivity contribution in [3.05, 3.63) is 51.3 Å². The highest BCUT2D eigenvalue weighted by molar-refractivity contribution is 7.17. The Morgan fingerprint density at radius 2 is 2.10 bits per heavy atom. The number of carbonyl (C=O) groups excluding carboxylic acids is 2. The van der Waals surface area contributed by atoms with Gasteiger partial charge in [-0.2, -0.15) is 0 Å². The molecule has 162 valence electrons. The molecule has 1 atom stereocenters. The number of fused-ring (bicyclic) bond motifs is 2. The topological polar surface area (TPSA) is 80.6 Å². The van der Waals surface area contributed by atoms with Gasteiger partial charge in [0, 0.05) is 29.0 Å². The fourth-order valence-corrected chi connectivity index (χ4v) is 5.68. The first-order valence-corrected chi connectivity index (χ1v) is 11.4. The molecule has 0 bridgehead atoms. The lowest BCUT2D eigenvalue weighted by molar-refractivity contribution is 0.0858. The number of ether oxygens (including phenoxy) is 1. The summed E-state index contributed by atoms with van der Waals surface area (Å²) in [7, 11) is 0. The normalized spacial score (nSPS) is 17.8. The van der Waals surface area contributed by atoms with Crippen molar-refractivity contribution in [3.63, 3.8) is 0 Å². The van der Waals surface area contributed by atoms with E-state index in [1.807, 2.05) is 0 Å². The Balaban J connectivity index is 1.41. The van der Waals surface area contributed by atoms with Crippen LogP contribution in [0.15, 0.2) is 22.6 Å². The first kappa shape index (κ1) is 20.2. The van der Waals surface area contributed by atoms with E-state index < -0.39 is 5.91 Å². The van der Waals surface area contributed by atoms with Gasteiger partial charge in [-0.25, -0.2) is 4.39 Å². The molecule has 3 aromatic rings. The smallest absolute Gasteiger partial charge is 0.292 e. The number of amides is 2. The van der Waals surface area contributed by atoms with Crippen LogP contribution in [0.2, 0.25) is 0 Å². The number of thiophene rings is 1. The number of aryl methyl sites for hydroxylation is 2. The molecule has 0 saturated carbocycles. The van der Waals surface area contributed by atoms with E-state index in [4.69, 9.17) is 9.15 Å². The number of carbonyl (C=O) groups is 2. The van der Waals surface area contributed by atoms with Gasteiger partial charge < -0.3 is 19.8 Å². The molecule has 2 aromatic heterocycles. The quantitative estimate of drug-likeness (QED) is 0.606. The lowest BCUT2D eigenvalue weighted by Crippen LogP contribution is -2.32. The van der Waals surface area contributed by atoms with Crippen molar-refractivity contribution in [1.29, 1.82) is 0 Å². The van der Waals surface area contributed by atoms with Gasteiger partial charge in [-0.15, -0.1) is 11.3 Å². The first-order chi connectivity index (χ1) is 15.0. The zero-order chi connectivity index (χ0) is 21.5. The second kappa shape index (κ2) is 8.09. The second-order valence-corrected chi connectivity index (χ2v) is 9.16. The van der Waals surface area contributed by atoms with Crippen molar-refractivity contribution >= 4 is 39.1 Å². The maximum atomic E-state index is 13.6. The predicted molar refractivity (Wildman–Crippen MR) is 117 cm³/mol. The zero-order valence-electron chi connectivity index (χ0n) is 17.2. The van der Waals surface area contributed by atoms with E-state index >= 15 is 0 Å². The highest BCUT2D eigenvalue weighted by Gasteiger charge is 2.29. The van der Waals surface area contributed by atoms with E-state index in [0.717, 1.165) is 49.2 Å². The van der Waals surface area contributed by atoms with E-state index in [9.17, 15) is 14.0 Å². The number of rotatable bonds is 5. The molecule has 31 heavy (non-hydrogen) atoms. The average molecular weight is 443 g/mol. The van der Waals surface area contributed by atoms with Crippen LogP contribution in [-0.4, -0.2) is 31.1 Å². The summed E-state index contributed by atoms with van der Waals surface area (Å²) >= 11 is 1.45. The summed E-state index contributed by atoms with van der Waals surface area (Å²) in [6.07, 6.45) is 4.74. The summed E-state index contributed by atoms with van der Waals surface area (Å²) in [5.74, 6) is -0.890. The molecule has 6 nitrogen and oxygen atoms in total. The summed E-state index contributed by atoms with van der Waals surface area (Å²) in [5, 5.41) is 6.95. The van der Waals surface area contributed by atoms with Gasteiger partial charge in [0.25, 0.3) is 11.8 Å². The van der Waals surface area contributed by atoms with Gasteiger partial charge >= 0.3 is 0 Å². The first-order valence-electron chi connectivity index (χ1n) is 10.6. The molecule has 1 saturated heterocycles. The van der Waals surface area contributed by atoms with Crippen LogP contribution in [0.25, 0.3) is 11.0 Å². The van der Waals surface area contributed by atoms with Gasteiger partial charge in [0.1, 0.15) is 16.4 Å². The van der Waals surface area contributed by atoms with Gasteiger partial charge in [0.15, 0.2) is 5.76 Å². The monoisotopic (exact) mass is 442 g/mol. The van der Waals surface area contributed by atoms with Crippen LogP contribution in [0.4, 0.5) is 9.39 Å². The van der Waals surface area contributed by atoms with Crippen molar-refractivity contribution in [1.82, 2.24) is 5.32 Å². The maximum Gasteiger partial charge on any atom is 0.292 e. The lowest BCUT2D eigenvalue weighted by atomic mass is 10.1. The molecule has 1 aliphatic carbocycles. The number of hydrogen-bond acceptors (Lipinski definition) is 5. The van der Waals surface area contributed by atoms with Gasteiger partial charge in [0.05, 0.1) is 11.7 Å². The molecule has 0 spiro atoms. The number of benzene rings is 1. The standard InChI is InChI=1S/C23H23FN2O4S/c1-12-16-10-13(24)7-8-17(16)30-20(12)22(28)26-23-19(15-5-2-6-18(15)31-23)21(27)25-11-14-4-3-9-29-14/h7-8,10,14H,2-6,9,11H2,1H3,(H,25,27)(H,26,28)/t14-/m1/s1. The van der Waals surface area contributed by atoms with Crippen LogP contribution in [0, 0.1) is 12.7 Å². The van der Waals surface area contributed by atoms with E-state index in [1.54, 1.807) is 6.92 Å². The van der Waals surface area contributed by atoms with Gasteiger partial charge in [0.2, 0.25) is 0 Å². The molecule has 1 aromatic carbocycles. The minimum absolute atomic E-state index is 0.0484. The Hall–Kier alpha value is -2.71. The highest BCUT2D eigenvalue weighted by Crippen LogP contribution is 2.39. The third-order valence-electron chi connectivity index (χ3n) is 5.99. The Kier molecular flexibility index (Phi) is 5.27. The fraction of sp³-hybridized carbons (Fsp3) is 0.391. The van der Waals surface area contributed by atoms with Crippen LogP contribution in [-0.2, 0) is 17.6 Å². The number of nitrogens with one attached hydrogen (secondary N) is 2. The molecular formula is C23H23FN2O4S. The third kappa shape index (κ3) is 3.74. The largest absolute Gasteiger partial charge is 0.451 e. The van der Waals surface area contributed by atoms with Crippen LogP contribution in [0.3, 0.4) is 0 Å².